The van der Waals surface area contributed by atoms with E-state index < -0.39 is 18.5 Å². The fraction of sp³-hybridized carbons (Fsp3) is 0.214. The van der Waals surface area contributed by atoms with Crippen molar-refractivity contribution in [1.82, 2.24) is 20.0 Å². The monoisotopic (exact) mass is 360 g/mol. The second-order valence-corrected chi connectivity index (χ2v) is 4.85. The van der Waals surface area contributed by atoms with E-state index in [1.165, 1.54) is 31.3 Å². The van der Waals surface area contributed by atoms with Crippen LogP contribution >= 0.6 is 0 Å². The van der Waals surface area contributed by atoms with Gasteiger partial charge in [-0.25, -0.2) is 0 Å². The zero-order chi connectivity index (χ0) is 18.2. The van der Waals surface area contributed by atoms with Gasteiger partial charge in [0, 0.05) is 18.7 Å². The molecule has 0 radical (unpaired) electrons. The third-order valence-electron chi connectivity index (χ3n) is 3.14. The van der Waals surface area contributed by atoms with E-state index in [-0.39, 0.29) is 23.2 Å². The van der Waals surface area contributed by atoms with Crippen LogP contribution in [0, 0.1) is 0 Å². The number of hydrogen-bond donors (Lipinski definition) is 0. The maximum Gasteiger partial charge on any atom is 0.435 e. The number of aromatic nitrogens is 4. The highest BCUT2D eigenvalue weighted by Crippen LogP contribution is 2.32. The Balaban J connectivity index is 1.87. The van der Waals surface area contributed by atoms with Crippen molar-refractivity contribution in [3.05, 3.63) is 36.0 Å². The van der Waals surface area contributed by atoms with Crippen LogP contribution in [0.25, 0.3) is 23.0 Å². The second-order valence-electron chi connectivity index (χ2n) is 4.85. The average molecular weight is 360 g/mol. The van der Waals surface area contributed by atoms with E-state index in [9.17, 15) is 22.0 Å². The smallest absolute Gasteiger partial charge is 0.435 e. The molecule has 3 rings (SSSR count). The molecule has 0 spiro atoms. The predicted octanol–water partition coefficient (Wildman–Crippen LogP) is 3.76. The van der Waals surface area contributed by atoms with Gasteiger partial charge < -0.3 is 9.15 Å². The third-order valence-corrected chi connectivity index (χ3v) is 3.14. The maximum absolute atomic E-state index is 12.7. The lowest BCUT2D eigenvalue weighted by Gasteiger charge is -2.03. The Labute approximate surface area is 136 Å². The lowest BCUT2D eigenvalue weighted by molar-refractivity contribution is -0.141. The molecule has 0 saturated heterocycles. The first-order valence-electron chi connectivity index (χ1n) is 6.74. The molecular formula is C14H9F5N4O2. The summed E-state index contributed by atoms with van der Waals surface area (Å²) in [5.41, 5.74) is -0.708. The number of alkyl halides is 5. The number of nitrogens with zero attached hydrogens (tertiary/aromatic N) is 4. The van der Waals surface area contributed by atoms with Crippen LogP contribution in [0.5, 0.6) is 5.75 Å². The van der Waals surface area contributed by atoms with E-state index in [0.717, 1.165) is 10.7 Å². The Morgan fingerprint density at radius 1 is 1.08 bits per heavy atom. The molecule has 0 aliphatic carbocycles. The molecule has 6 nitrogen and oxygen atoms in total. The maximum atomic E-state index is 12.7. The number of aryl methyl sites for hydroxylation is 1. The molecule has 0 amide bonds. The summed E-state index contributed by atoms with van der Waals surface area (Å²) in [4.78, 5) is 0. The van der Waals surface area contributed by atoms with Crippen molar-refractivity contribution >= 4 is 0 Å². The molecule has 25 heavy (non-hydrogen) atoms. The zero-order valence-electron chi connectivity index (χ0n) is 12.5. The summed E-state index contributed by atoms with van der Waals surface area (Å²) in [6.07, 6.45) is -4.60. The van der Waals surface area contributed by atoms with Crippen LogP contribution in [0.4, 0.5) is 22.0 Å². The molecule has 0 unspecified atom stereocenters. The van der Waals surface area contributed by atoms with Crippen LogP contribution in [-0.2, 0) is 13.2 Å². The number of hydrogen-bond acceptors (Lipinski definition) is 5. The minimum absolute atomic E-state index is 0.00774. The molecule has 2 aromatic heterocycles. The number of ether oxygens (including phenoxy) is 1. The van der Waals surface area contributed by atoms with E-state index >= 15 is 0 Å². The van der Waals surface area contributed by atoms with Gasteiger partial charge >= 0.3 is 12.8 Å². The van der Waals surface area contributed by atoms with E-state index in [1.54, 1.807) is 0 Å². The molecule has 1 aromatic carbocycles. The van der Waals surface area contributed by atoms with Gasteiger partial charge in [0.25, 0.3) is 5.89 Å². The van der Waals surface area contributed by atoms with Gasteiger partial charge in [-0.1, -0.05) is 0 Å². The predicted molar refractivity (Wildman–Crippen MR) is 73.6 cm³/mol. The molecule has 2 heterocycles. The molecule has 132 valence electrons. The number of benzene rings is 1. The van der Waals surface area contributed by atoms with Crippen LogP contribution in [0.3, 0.4) is 0 Å². The summed E-state index contributed by atoms with van der Waals surface area (Å²) in [5.74, 6) is -0.207. The van der Waals surface area contributed by atoms with Gasteiger partial charge in [-0.2, -0.15) is 27.1 Å². The highest BCUT2D eigenvalue weighted by molar-refractivity contribution is 5.57. The summed E-state index contributed by atoms with van der Waals surface area (Å²) in [5, 5.41) is 10.8. The van der Waals surface area contributed by atoms with Crippen molar-refractivity contribution in [3.63, 3.8) is 0 Å². The van der Waals surface area contributed by atoms with E-state index in [2.05, 4.69) is 20.0 Å². The van der Waals surface area contributed by atoms with E-state index in [1.807, 2.05) is 0 Å². The summed E-state index contributed by atoms with van der Waals surface area (Å²) < 4.78 is 72.8. The average Bonchev–Trinajstić information content (AvgIpc) is 3.13. The number of rotatable bonds is 4. The molecule has 11 heteroatoms. The zero-order valence-corrected chi connectivity index (χ0v) is 12.5. The molecule has 0 aliphatic heterocycles. The van der Waals surface area contributed by atoms with Gasteiger partial charge in [0.15, 0.2) is 5.69 Å². The van der Waals surface area contributed by atoms with Gasteiger partial charge in [0.05, 0.1) is 0 Å². The Morgan fingerprint density at radius 3 is 2.28 bits per heavy atom. The molecular weight excluding hydrogens is 351 g/mol. The van der Waals surface area contributed by atoms with Crippen molar-refractivity contribution in [2.24, 2.45) is 7.05 Å². The fourth-order valence-electron chi connectivity index (χ4n) is 2.03. The Kier molecular flexibility index (Phi) is 4.15. The van der Waals surface area contributed by atoms with E-state index in [0.29, 0.717) is 5.56 Å². The van der Waals surface area contributed by atoms with Crippen LogP contribution in [0.15, 0.2) is 34.7 Å². The molecule has 3 aromatic rings. The quantitative estimate of drug-likeness (QED) is 0.663. The highest BCUT2D eigenvalue weighted by atomic mass is 19.4. The highest BCUT2D eigenvalue weighted by Gasteiger charge is 2.35. The van der Waals surface area contributed by atoms with Crippen molar-refractivity contribution < 1.29 is 31.1 Å². The molecule has 0 fully saturated rings. The first-order chi connectivity index (χ1) is 11.7. The van der Waals surface area contributed by atoms with Crippen LogP contribution in [0.1, 0.15) is 5.69 Å². The Hall–Kier alpha value is -2.98. The first kappa shape index (κ1) is 16.9. The van der Waals surface area contributed by atoms with Crippen molar-refractivity contribution in [2.45, 2.75) is 12.8 Å². The first-order valence-corrected chi connectivity index (χ1v) is 6.74. The second kappa shape index (κ2) is 6.15. The molecule has 0 N–H and O–H groups in total. The van der Waals surface area contributed by atoms with Crippen molar-refractivity contribution in [2.75, 3.05) is 0 Å². The fourth-order valence-corrected chi connectivity index (χ4v) is 2.03. The van der Waals surface area contributed by atoms with Crippen LogP contribution < -0.4 is 4.74 Å². The topological polar surface area (TPSA) is 66.0 Å². The lowest BCUT2D eigenvalue weighted by atomic mass is 10.2. The van der Waals surface area contributed by atoms with E-state index in [4.69, 9.17) is 4.42 Å². The Morgan fingerprint density at radius 2 is 1.72 bits per heavy atom. The molecule has 0 atom stereocenters. The van der Waals surface area contributed by atoms with Gasteiger partial charge in [-0.3, -0.25) is 4.68 Å². The van der Waals surface area contributed by atoms with Gasteiger partial charge in [0.2, 0.25) is 5.89 Å². The standard InChI is InChI=1S/C14H9F5N4O2/c1-23-9(6-10(22-23)14(17,18)19)12-21-20-11(25-12)7-2-4-8(5-3-7)24-13(15)16/h2-6,13H,1H3. The molecule has 0 saturated carbocycles. The van der Waals surface area contributed by atoms with Gasteiger partial charge in [-0.15, -0.1) is 10.2 Å². The lowest BCUT2D eigenvalue weighted by Crippen LogP contribution is -2.06. The summed E-state index contributed by atoms with van der Waals surface area (Å²) in [6.45, 7) is -2.95. The van der Waals surface area contributed by atoms with Crippen molar-refractivity contribution in [3.8, 4) is 28.8 Å². The summed E-state index contributed by atoms with van der Waals surface area (Å²) in [7, 11) is 1.31. The molecule has 0 aliphatic rings. The minimum Gasteiger partial charge on any atom is -0.435 e. The minimum atomic E-state index is -4.60. The summed E-state index contributed by atoms with van der Waals surface area (Å²) >= 11 is 0. The van der Waals surface area contributed by atoms with Crippen molar-refractivity contribution in [1.29, 1.82) is 0 Å². The Bertz CT molecular complexity index is 870. The normalized spacial score (nSPS) is 12.0. The van der Waals surface area contributed by atoms with Crippen LogP contribution in [-0.4, -0.2) is 26.6 Å². The third kappa shape index (κ3) is 3.59. The van der Waals surface area contributed by atoms with Crippen LogP contribution in [0.2, 0.25) is 0 Å². The number of halogens is 5. The van der Waals surface area contributed by atoms with Gasteiger partial charge in [-0.05, 0) is 24.3 Å². The molecule has 0 bridgehead atoms. The summed E-state index contributed by atoms with van der Waals surface area (Å²) in [6, 6.07) is 6.14. The SMILES string of the molecule is Cn1nc(C(F)(F)F)cc1-c1nnc(-c2ccc(OC(F)F)cc2)o1. The largest absolute Gasteiger partial charge is 0.435 e. The van der Waals surface area contributed by atoms with Gasteiger partial charge in [0.1, 0.15) is 11.4 Å².